The standard InChI is InChI=1S/C28H32N2O5S/c1-28(2,3)22-14-15-25-24(18-22)30(36(32,33)23-12-8-5-9-13-23)19-26(35-25)27(31)29-16-17-34-20-21-10-6-4-7-11-21/h4-15,18,26H,16-17,19-20H2,1-3H3,(H,29,31)/t26-/m0/s1. The maximum absolute atomic E-state index is 13.6. The number of amides is 1. The second kappa shape index (κ2) is 10.7. The smallest absolute Gasteiger partial charge is 0.264 e. The zero-order valence-corrected chi connectivity index (χ0v) is 21.6. The molecule has 0 saturated carbocycles. The molecule has 1 amide bonds. The number of hydrogen-bond donors (Lipinski definition) is 1. The molecular weight excluding hydrogens is 476 g/mol. The van der Waals surface area contributed by atoms with Crippen molar-refractivity contribution in [3.63, 3.8) is 0 Å². The van der Waals surface area contributed by atoms with Crippen LogP contribution in [0.3, 0.4) is 0 Å². The van der Waals surface area contributed by atoms with Crippen LogP contribution >= 0.6 is 0 Å². The van der Waals surface area contributed by atoms with Crippen LogP contribution in [0.15, 0.2) is 83.8 Å². The minimum absolute atomic E-state index is 0.130. The topological polar surface area (TPSA) is 84.9 Å². The number of nitrogens with one attached hydrogen (secondary N) is 1. The Morgan fingerprint density at radius 3 is 2.36 bits per heavy atom. The molecule has 1 aliphatic rings. The Balaban J connectivity index is 1.50. The van der Waals surface area contributed by atoms with E-state index in [1.54, 1.807) is 36.4 Å². The fourth-order valence-electron chi connectivity index (χ4n) is 3.93. The molecule has 0 aliphatic carbocycles. The monoisotopic (exact) mass is 508 g/mol. The lowest BCUT2D eigenvalue weighted by atomic mass is 9.86. The number of carbonyl (C=O) groups excluding carboxylic acids is 1. The van der Waals surface area contributed by atoms with Crippen LogP contribution in [-0.2, 0) is 31.6 Å². The molecule has 3 aromatic carbocycles. The summed E-state index contributed by atoms with van der Waals surface area (Å²) >= 11 is 0. The van der Waals surface area contributed by atoms with Crippen molar-refractivity contribution < 1.29 is 22.7 Å². The molecule has 3 aromatic rings. The van der Waals surface area contributed by atoms with Crippen molar-refractivity contribution in [2.75, 3.05) is 24.0 Å². The van der Waals surface area contributed by atoms with Gasteiger partial charge in [0.1, 0.15) is 5.75 Å². The molecular formula is C28H32N2O5S. The molecule has 1 atom stereocenters. The number of fused-ring (bicyclic) bond motifs is 1. The van der Waals surface area contributed by atoms with Gasteiger partial charge in [0.2, 0.25) is 0 Å². The molecule has 1 heterocycles. The summed E-state index contributed by atoms with van der Waals surface area (Å²) in [6.45, 7) is 7.11. The van der Waals surface area contributed by atoms with E-state index in [1.807, 2.05) is 42.5 Å². The van der Waals surface area contributed by atoms with Gasteiger partial charge in [-0.05, 0) is 40.8 Å². The van der Waals surface area contributed by atoms with Crippen LogP contribution in [0.5, 0.6) is 5.75 Å². The summed E-state index contributed by atoms with van der Waals surface area (Å²) in [5, 5.41) is 2.81. The van der Waals surface area contributed by atoms with Crippen molar-refractivity contribution in [3.8, 4) is 5.75 Å². The Bertz CT molecular complexity index is 1290. The maximum atomic E-state index is 13.6. The SMILES string of the molecule is CC(C)(C)c1ccc2c(c1)N(S(=O)(=O)c1ccccc1)C[C@@H](C(=O)NCCOCc1ccccc1)O2. The van der Waals surface area contributed by atoms with E-state index in [-0.39, 0.29) is 23.4 Å². The molecule has 1 N–H and O–H groups in total. The van der Waals surface area contributed by atoms with Crippen molar-refractivity contribution in [2.45, 2.75) is 43.8 Å². The van der Waals surface area contributed by atoms with Gasteiger partial charge in [-0.25, -0.2) is 8.42 Å². The van der Waals surface area contributed by atoms with Gasteiger partial charge in [0, 0.05) is 6.54 Å². The fraction of sp³-hybridized carbons (Fsp3) is 0.321. The van der Waals surface area contributed by atoms with Gasteiger partial charge in [-0.2, -0.15) is 0 Å². The van der Waals surface area contributed by atoms with E-state index in [0.717, 1.165) is 11.1 Å². The second-order valence-electron chi connectivity index (χ2n) is 9.72. The molecule has 0 fully saturated rings. The number of sulfonamides is 1. The first-order chi connectivity index (χ1) is 17.2. The average Bonchev–Trinajstić information content (AvgIpc) is 2.88. The van der Waals surface area contributed by atoms with Gasteiger partial charge >= 0.3 is 0 Å². The van der Waals surface area contributed by atoms with E-state index in [4.69, 9.17) is 9.47 Å². The highest BCUT2D eigenvalue weighted by Crippen LogP contribution is 2.40. The van der Waals surface area contributed by atoms with E-state index in [2.05, 4.69) is 26.1 Å². The average molecular weight is 509 g/mol. The predicted octanol–water partition coefficient (Wildman–Crippen LogP) is 4.27. The van der Waals surface area contributed by atoms with Gasteiger partial charge in [-0.3, -0.25) is 9.10 Å². The normalized spacial score (nSPS) is 15.6. The number of hydrogen-bond acceptors (Lipinski definition) is 5. The zero-order chi connectivity index (χ0) is 25.8. The van der Waals surface area contributed by atoms with E-state index in [1.165, 1.54) is 4.31 Å². The first-order valence-electron chi connectivity index (χ1n) is 11.9. The molecule has 0 radical (unpaired) electrons. The minimum atomic E-state index is -3.92. The lowest BCUT2D eigenvalue weighted by Crippen LogP contribution is -2.51. The quantitative estimate of drug-likeness (QED) is 0.460. The molecule has 190 valence electrons. The van der Waals surface area contributed by atoms with Crippen molar-refractivity contribution in [2.24, 2.45) is 0 Å². The molecule has 4 rings (SSSR count). The van der Waals surface area contributed by atoms with Crippen LogP contribution in [0.2, 0.25) is 0 Å². The minimum Gasteiger partial charge on any atom is -0.476 e. The number of benzene rings is 3. The van der Waals surface area contributed by atoms with Crippen LogP contribution in [0, 0.1) is 0 Å². The van der Waals surface area contributed by atoms with Crippen molar-refractivity contribution in [1.29, 1.82) is 0 Å². The Kier molecular flexibility index (Phi) is 7.66. The highest BCUT2D eigenvalue weighted by atomic mass is 32.2. The van der Waals surface area contributed by atoms with Crippen LogP contribution in [0.25, 0.3) is 0 Å². The van der Waals surface area contributed by atoms with Gasteiger partial charge in [-0.1, -0.05) is 75.4 Å². The van der Waals surface area contributed by atoms with Gasteiger partial charge in [0.05, 0.1) is 30.3 Å². The van der Waals surface area contributed by atoms with Crippen LogP contribution in [-0.4, -0.2) is 40.1 Å². The summed E-state index contributed by atoms with van der Waals surface area (Å²) < 4.78 is 40.2. The van der Waals surface area contributed by atoms with Gasteiger partial charge in [-0.15, -0.1) is 0 Å². The van der Waals surface area contributed by atoms with Gasteiger partial charge in [0.15, 0.2) is 6.10 Å². The molecule has 0 saturated heterocycles. The molecule has 1 aliphatic heterocycles. The third kappa shape index (κ3) is 5.88. The summed E-state index contributed by atoms with van der Waals surface area (Å²) in [5.74, 6) is -0.0358. The molecule has 7 nitrogen and oxygen atoms in total. The van der Waals surface area contributed by atoms with E-state index < -0.39 is 22.0 Å². The number of anilines is 1. The van der Waals surface area contributed by atoms with Crippen LogP contribution < -0.4 is 14.4 Å². The summed E-state index contributed by atoms with van der Waals surface area (Å²) in [5.41, 5.74) is 2.26. The first-order valence-corrected chi connectivity index (χ1v) is 13.4. The number of rotatable bonds is 8. The number of carbonyl (C=O) groups is 1. The fourth-order valence-corrected chi connectivity index (χ4v) is 5.41. The Morgan fingerprint density at radius 1 is 1.03 bits per heavy atom. The Morgan fingerprint density at radius 2 is 1.69 bits per heavy atom. The van der Waals surface area contributed by atoms with Crippen LogP contribution in [0.4, 0.5) is 5.69 Å². The summed E-state index contributed by atoms with van der Waals surface area (Å²) in [7, 11) is -3.92. The van der Waals surface area contributed by atoms with Crippen molar-refractivity contribution in [1.82, 2.24) is 5.32 Å². The molecule has 0 unspecified atom stereocenters. The van der Waals surface area contributed by atoms with Crippen molar-refractivity contribution >= 4 is 21.6 Å². The molecule has 0 bridgehead atoms. The third-order valence-corrected chi connectivity index (χ3v) is 7.77. The van der Waals surface area contributed by atoms with E-state index in [9.17, 15) is 13.2 Å². The van der Waals surface area contributed by atoms with E-state index >= 15 is 0 Å². The summed E-state index contributed by atoms with van der Waals surface area (Å²) in [6.07, 6.45) is -0.995. The molecule has 8 heteroatoms. The second-order valence-corrected chi connectivity index (χ2v) is 11.6. The Labute approximate surface area is 213 Å². The summed E-state index contributed by atoms with van der Waals surface area (Å²) in [4.78, 5) is 13.1. The third-order valence-electron chi connectivity index (χ3n) is 5.98. The molecule has 0 aromatic heterocycles. The Hall–Kier alpha value is -3.36. The molecule has 0 spiro atoms. The number of nitrogens with zero attached hydrogens (tertiary/aromatic N) is 1. The van der Waals surface area contributed by atoms with Gasteiger partial charge < -0.3 is 14.8 Å². The van der Waals surface area contributed by atoms with Crippen molar-refractivity contribution in [3.05, 3.63) is 90.0 Å². The molecule has 36 heavy (non-hydrogen) atoms. The lowest BCUT2D eigenvalue weighted by Gasteiger charge is -2.36. The largest absolute Gasteiger partial charge is 0.476 e. The first kappa shape index (κ1) is 25.7. The lowest BCUT2D eigenvalue weighted by molar-refractivity contribution is -0.128. The highest BCUT2D eigenvalue weighted by molar-refractivity contribution is 7.92. The maximum Gasteiger partial charge on any atom is 0.264 e. The highest BCUT2D eigenvalue weighted by Gasteiger charge is 2.38. The van der Waals surface area contributed by atoms with Crippen LogP contribution in [0.1, 0.15) is 31.9 Å². The van der Waals surface area contributed by atoms with Gasteiger partial charge in [0.25, 0.3) is 15.9 Å². The predicted molar refractivity (Wildman–Crippen MR) is 140 cm³/mol. The van der Waals surface area contributed by atoms with E-state index in [0.29, 0.717) is 24.7 Å². The summed E-state index contributed by atoms with van der Waals surface area (Å²) in [6, 6.07) is 23.5. The number of ether oxygens (including phenoxy) is 2. The zero-order valence-electron chi connectivity index (χ0n) is 20.8.